The molecular formula is C9H13F2N2O12P3. The summed E-state index contributed by atoms with van der Waals surface area (Å²) in [5.74, 6) is -4.67. The Morgan fingerprint density at radius 2 is 1.71 bits per heavy atom. The fourth-order valence-electron chi connectivity index (χ4n) is 2.39. The van der Waals surface area contributed by atoms with E-state index < -0.39 is 71.7 Å². The molecule has 0 aliphatic heterocycles. The summed E-state index contributed by atoms with van der Waals surface area (Å²) in [7, 11) is -16.6. The Morgan fingerprint density at radius 3 is 2.25 bits per heavy atom. The Balaban J connectivity index is 1.96. The third kappa shape index (κ3) is 5.97. The Hall–Kier alpha value is -1.05. The molecule has 1 aliphatic carbocycles. The Bertz CT molecular complexity index is 1010. The molecule has 0 bridgehead atoms. The summed E-state index contributed by atoms with van der Waals surface area (Å²) in [6.07, 6.45) is -0.679. The second-order valence-corrected chi connectivity index (χ2v) is 10.1. The van der Waals surface area contributed by atoms with E-state index in [1.165, 1.54) is 0 Å². The zero-order valence-electron chi connectivity index (χ0n) is 13.4. The van der Waals surface area contributed by atoms with E-state index in [0.29, 0.717) is 10.8 Å². The molecule has 1 fully saturated rings. The van der Waals surface area contributed by atoms with E-state index in [-0.39, 0.29) is 0 Å². The van der Waals surface area contributed by atoms with Gasteiger partial charge in [0, 0.05) is 12.8 Å². The van der Waals surface area contributed by atoms with Gasteiger partial charge in [-0.05, 0) is 5.92 Å². The van der Waals surface area contributed by atoms with E-state index in [9.17, 15) is 37.0 Å². The van der Waals surface area contributed by atoms with Gasteiger partial charge in [0.1, 0.15) is 0 Å². The molecule has 2 atom stereocenters. The zero-order chi connectivity index (χ0) is 21.5. The minimum atomic E-state index is -5.67. The SMILES string of the molecule is O=c1[nH]c(=O)n(C2(F)CC(COP(=O)(O)OP(=O)(O)OP(=O)(O)O)C2)cc1F. The standard InChI is InChI=1S/C9H13F2N2O12P3/c10-6-3-13(8(15)12-7(6)14)9(11)1-5(2-9)4-23-27(19,20)25-28(21,22)24-26(16,17)18/h3,5H,1-2,4H2,(H,19,20)(H,21,22)(H,12,14,15)(H2,16,17,18). The number of hydrogen-bond acceptors (Lipinski definition) is 8. The molecule has 0 spiro atoms. The summed E-state index contributed by atoms with van der Waals surface area (Å²) in [4.78, 5) is 59.1. The predicted molar refractivity (Wildman–Crippen MR) is 82.9 cm³/mol. The van der Waals surface area contributed by atoms with Crippen LogP contribution in [-0.2, 0) is 32.6 Å². The molecule has 0 radical (unpaired) electrons. The lowest BCUT2D eigenvalue weighted by Gasteiger charge is -2.41. The van der Waals surface area contributed by atoms with Crippen molar-refractivity contribution in [1.29, 1.82) is 0 Å². The molecule has 1 aromatic rings. The summed E-state index contributed by atoms with van der Waals surface area (Å²) in [6, 6.07) is 0. The lowest BCUT2D eigenvalue weighted by molar-refractivity contribution is -0.0849. The average molecular weight is 472 g/mol. The van der Waals surface area contributed by atoms with Gasteiger partial charge in [-0.1, -0.05) is 0 Å². The van der Waals surface area contributed by atoms with Gasteiger partial charge in [0.05, 0.1) is 12.8 Å². The highest BCUT2D eigenvalue weighted by Crippen LogP contribution is 2.66. The largest absolute Gasteiger partial charge is 0.490 e. The summed E-state index contributed by atoms with van der Waals surface area (Å²) in [6.45, 7) is -0.740. The van der Waals surface area contributed by atoms with Gasteiger partial charge in [-0.15, -0.1) is 0 Å². The molecule has 2 unspecified atom stereocenters. The van der Waals surface area contributed by atoms with Crippen LogP contribution in [0.1, 0.15) is 12.8 Å². The molecule has 5 N–H and O–H groups in total. The highest BCUT2D eigenvalue weighted by molar-refractivity contribution is 7.66. The fourth-order valence-corrected chi connectivity index (χ4v) is 5.48. The lowest BCUT2D eigenvalue weighted by atomic mass is 9.78. The van der Waals surface area contributed by atoms with Crippen LogP contribution in [0, 0.1) is 11.7 Å². The number of halogens is 2. The Labute approximate surface area is 153 Å². The van der Waals surface area contributed by atoms with Crippen molar-refractivity contribution in [3.63, 3.8) is 0 Å². The number of alkyl halides is 1. The smallest absolute Gasteiger partial charge is 0.302 e. The van der Waals surface area contributed by atoms with Crippen LogP contribution in [0.3, 0.4) is 0 Å². The minimum Gasteiger partial charge on any atom is -0.302 e. The second-order valence-electron chi connectivity index (χ2n) is 5.69. The summed E-state index contributed by atoms with van der Waals surface area (Å²) < 4.78 is 72.6. The van der Waals surface area contributed by atoms with Crippen LogP contribution in [0.15, 0.2) is 15.8 Å². The van der Waals surface area contributed by atoms with Gasteiger partial charge < -0.3 is 19.6 Å². The quantitative estimate of drug-likeness (QED) is 0.317. The zero-order valence-corrected chi connectivity index (χ0v) is 16.1. The van der Waals surface area contributed by atoms with E-state index in [1.807, 2.05) is 0 Å². The summed E-state index contributed by atoms with van der Waals surface area (Å²) in [5.41, 5.74) is -2.56. The molecule has 160 valence electrons. The van der Waals surface area contributed by atoms with Crippen LogP contribution in [-0.4, -0.2) is 35.7 Å². The van der Waals surface area contributed by atoms with E-state index in [4.69, 9.17) is 14.7 Å². The number of nitrogens with one attached hydrogen (secondary N) is 1. The number of aromatic amines is 1. The van der Waals surface area contributed by atoms with Gasteiger partial charge >= 0.3 is 29.2 Å². The lowest BCUT2D eigenvalue weighted by Crippen LogP contribution is -2.50. The molecule has 28 heavy (non-hydrogen) atoms. The van der Waals surface area contributed by atoms with Crippen molar-refractivity contribution in [2.24, 2.45) is 5.92 Å². The first kappa shape index (κ1) is 23.2. The molecule has 2 rings (SSSR count). The normalized spacial score (nSPS) is 26.9. The topological polar surface area (TPSA) is 215 Å². The van der Waals surface area contributed by atoms with Crippen LogP contribution >= 0.6 is 23.5 Å². The van der Waals surface area contributed by atoms with Crippen LogP contribution in [0.2, 0.25) is 0 Å². The van der Waals surface area contributed by atoms with E-state index in [2.05, 4.69) is 13.1 Å². The average Bonchev–Trinajstić information content (AvgIpc) is 2.42. The predicted octanol–water partition coefficient (Wildman–Crippen LogP) is 0.0513. The van der Waals surface area contributed by atoms with Crippen LogP contribution in [0.4, 0.5) is 8.78 Å². The third-order valence-electron chi connectivity index (χ3n) is 3.42. The highest BCUT2D eigenvalue weighted by atomic mass is 31.3. The molecule has 0 aromatic carbocycles. The number of aromatic nitrogens is 2. The first-order chi connectivity index (χ1) is 12.5. The van der Waals surface area contributed by atoms with Gasteiger partial charge in [0.2, 0.25) is 5.82 Å². The van der Waals surface area contributed by atoms with Crippen molar-refractivity contribution in [3.05, 3.63) is 32.9 Å². The first-order valence-electron chi connectivity index (χ1n) is 7.01. The van der Waals surface area contributed by atoms with E-state index in [0.717, 1.165) is 0 Å². The monoisotopic (exact) mass is 472 g/mol. The Kier molecular flexibility index (Phi) is 6.35. The Morgan fingerprint density at radius 1 is 1.14 bits per heavy atom. The first-order valence-corrected chi connectivity index (χ1v) is 11.5. The van der Waals surface area contributed by atoms with Gasteiger partial charge in [0.15, 0.2) is 5.79 Å². The van der Waals surface area contributed by atoms with Gasteiger partial charge in [-0.3, -0.25) is 18.9 Å². The maximum atomic E-state index is 14.6. The molecule has 1 aromatic heterocycles. The van der Waals surface area contributed by atoms with Crippen molar-refractivity contribution in [3.8, 4) is 0 Å². The molecule has 1 saturated carbocycles. The van der Waals surface area contributed by atoms with Crippen molar-refractivity contribution in [2.45, 2.75) is 18.6 Å². The fraction of sp³-hybridized carbons (Fsp3) is 0.556. The number of phosphoric acid groups is 3. The number of nitrogens with zero attached hydrogens (tertiary/aromatic N) is 1. The number of hydrogen-bond donors (Lipinski definition) is 5. The van der Waals surface area contributed by atoms with Gasteiger partial charge in [0.25, 0.3) is 5.56 Å². The maximum absolute atomic E-state index is 14.6. The molecule has 0 amide bonds. The minimum absolute atomic E-state index is 0.297. The molecular weight excluding hydrogens is 459 g/mol. The molecule has 14 nitrogen and oxygen atoms in total. The highest BCUT2D eigenvalue weighted by Gasteiger charge is 2.49. The van der Waals surface area contributed by atoms with Crippen molar-refractivity contribution in [1.82, 2.24) is 9.55 Å². The molecule has 0 saturated heterocycles. The van der Waals surface area contributed by atoms with Crippen LogP contribution in [0.25, 0.3) is 0 Å². The molecule has 1 heterocycles. The molecule has 1 aliphatic rings. The van der Waals surface area contributed by atoms with E-state index >= 15 is 0 Å². The second kappa shape index (κ2) is 7.65. The van der Waals surface area contributed by atoms with E-state index in [1.54, 1.807) is 4.98 Å². The van der Waals surface area contributed by atoms with Crippen molar-refractivity contribution < 1.29 is 55.2 Å². The number of phosphoric ester groups is 1. The summed E-state index contributed by atoms with van der Waals surface area (Å²) >= 11 is 0. The summed E-state index contributed by atoms with van der Waals surface area (Å²) in [5, 5.41) is 0. The van der Waals surface area contributed by atoms with Crippen molar-refractivity contribution >= 4 is 23.5 Å². The maximum Gasteiger partial charge on any atom is 0.490 e. The van der Waals surface area contributed by atoms with Gasteiger partial charge in [-0.25, -0.2) is 22.9 Å². The van der Waals surface area contributed by atoms with Crippen LogP contribution < -0.4 is 11.2 Å². The molecule has 19 heteroatoms. The number of H-pyrrole nitrogens is 1. The van der Waals surface area contributed by atoms with Crippen LogP contribution in [0.5, 0.6) is 0 Å². The third-order valence-corrected chi connectivity index (χ3v) is 7.23. The van der Waals surface area contributed by atoms with Crippen molar-refractivity contribution in [2.75, 3.05) is 6.61 Å². The number of rotatable bonds is 8. The van der Waals surface area contributed by atoms with Gasteiger partial charge in [-0.2, -0.15) is 13.0 Å².